The molecule has 0 aromatic heterocycles. The van der Waals surface area contributed by atoms with E-state index in [2.05, 4.69) is 0 Å². The van der Waals surface area contributed by atoms with Crippen LogP contribution in [0.15, 0.2) is 42.5 Å². The molecule has 2 aromatic rings. The van der Waals surface area contributed by atoms with E-state index in [1.807, 2.05) is 36.2 Å². The summed E-state index contributed by atoms with van der Waals surface area (Å²) in [5.74, 6) is -1.97. The van der Waals surface area contributed by atoms with Crippen molar-refractivity contribution in [3.63, 3.8) is 0 Å². The Morgan fingerprint density at radius 3 is 2.33 bits per heavy atom. The van der Waals surface area contributed by atoms with Crippen molar-refractivity contribution in [2.24, 2.45) is 0 Å². The Bertz CT molecular complexity index is 643. The molecule has 0 saturated heterocycles. The molecule has 0 aliphatic rings. The van der Waals surface area contributed by atoms with Gasteiger partial charge in [-0.05, 0) is 42.4 Å². The van der Waals surface area contributed by atoms with Gasteiger partial charge in [0.25, 0.3) is 0 Å². The first-order chi connectivity index (χ1) is 9.95. The van der Waals surface area contributed by atoms with Crippen LogP contribution in [-0.4, -0.2) is 23.0 Å². The molecule has 0 radical (unpaired) electrons. The van der Waals surface area contributed by atoms with E-state index in [4.69, 9.17) is 16.7 Å². The van der Waals surface area contributed by atoms with Crippen molar-refractivity contribution in [3.05, 3.63) is 70.0 Å². The van der Waals surface area contributed by atoms with Gasteiger partial charge in [-0.2, -0.15) is 0 Å². The number of aromatic carboxylic acids is 1. The minimum Gasteiger partial charge on any atom is -0.478 e. The van der Waals surface area contributed by atoms with E-state index in [9.17, 15) is 9.18 Å². The van der Waals surface area contributed by atoms with Crippen LogP contribution in [0.1, 0.15) is 21.5 Å². The highest BCUT2D eigenvalue weighted by Gasteiger charge is 2.11. The molecule has 0 aliphatic carbocycles. The summed E-state index contributed by atoms with van der Waals surface area (Å²) < 4.78 is 13.3. The zero-order chi connectivity index (χ0) is 15.4. The third kappa shape index (κ3) is 4.28. The molecule has 21 heavy (non-hydrogen) atoms. The van der Waals surface area contributed by atoms with Gasteiger partial charge in [0, 0.05) is 18.1 Å². The number of benzene rings is 2. The smallest absolute Gasteiger partial charge is 0.338 e. The number of halogens is 2. The Balaban J connectivity index is 2.05. The molecule has 0 aliphatic heterocycles. The van der Waals surface area contributed by atoms with Crippen molar-refractivity contribution in [1.82, 2.24) is 4.90 Å². The quantitative estimate of drug-likeness (QED) is 0.913. The number of nitrogens with zero attached hydrogens (tertiary/aromatic N) is 1. The summed E-state index contributed by atoms with van der Waals surface area (Å²) in [4.78, 5) is 12.9. The van der Waals surface area contributed by atoms with Gasteiger partial charge in [0.05, 0.1) is 5.56 Å². The van der Waals surface area contributed by atoms with Crippen molar-refractivity contribution < 1.29 is 14.3 Å². The number of rotatable bonds is 5. The molecule has 5 heteroatoms. The van der Waals surface area contributed by atoms with Gasteiger partial charge in [-0.15, -0.1) is 0 Å². The van der Waals surface area contributed by atoms with Crippen LogP contribution < -0.4 is 0 Å². The second-order valence-electron chi connectivity index (χ2n) is 4.92. The lowest BCUT2D eigenvalue weighted by molar-refractivity contribution is 0.0691. The molecule has 1 N–H and O–H groups in total. The summed E-state index contributed by atoms with van der Waals surface area (Å²) in [6.07, 6.45) is 0. The van der Waals surface area contributed by atoms with Crippen LogP contribution in [0.25, 0.3) is 0 Å². The molecule has 2 rings (SSSR count). The monoisotopic (exact) mass is 307 g/mol. The standard InChI is InChI=1S/C16H15ClFNO2/c1-19(9-11-2-5-13(17)6-3-11)10-12-4-7-15(18)14(8-12)16(20)21/h2-8H,9-10H2,1H3,(H,20,21). The maximum absolute atomic E-state index is 13.3. The molecular weight excluding hydrogens is 293 g/mol. The maximum atomic E-state index is 13.3. The number of carboxylic acid groups (broad SMARTS) is 1. The highest BCUT2D eigenvalue weighted by atomic mass is 35.5. The largest absolute Gasteiger partial charge is 0.478 e. The van der Waals surface area contributed by atoms with Gasteiger partial charge in [0.2, 0.25) is 0 Å². The van der Waals surface area contributed by atoms with E-state index in [-0.39, 0.29) is 5.56 Å². The van der Waals surface area contributed by atoms with Crippen LogP contribution in [0, 0.1) is 5.82 Å². The first kappa shape index (κ1) is 15.5. The second kappa shape index (κ2) is 6.70. The number of carboxylic acids is 1. The van der Waals surface area contributed by atoms with Gasteiger partial charge < -0.3 is 5.11 Å². The molecule has 0 fully saturated rings. The van der Waals surface area contributed by atoms with E-state index < -0.39 is 11.8 Å². The molecule has 0 atom stereocenters. The minimum atomic E-state index is -1.25. The van der Waals surface area contributed by atoms with E-state index in [1.54, 1.807) is 6.07 Å². The van der Waals surface area contributed by atoms with E-state index in [1.165, 1.54) is 12.1 Å². The number of hydrogen-bond acceptors (Lipinski definition) is 2. The lowest BCUT2D eigenvalue weighted by Gasteiger charge is -2.17. The predicted molar refractivity (Wildman–Crippen MR) is 80.0 cm³/mol. The third-order valence-corrected chi connectivity index (χ3v) is 3.33. The van der Waals surface area contributed by atoms with Gasteiger partial charge >= 0.3 is 5.97 Å². The Labute approximate surface area is 127 Å². The van der Waals surface area contributed by atoms with Crippen LogP contribution in [0.4, 0.5) is 4.39 Å². The van der Waals surface area contributed by atoms with Crippen molar-refractivity contribution in [2.75, 3.05) is 7.05 Å². The van der Waals surface area contributed by atoms with Crippen LogP contribution >= 0.6 is 11.6 Å². The van der Waals surface area contributed by atoms with Crippen LogP contribution in [0.2, 0.25) is 5.02 Å². The molecule has 0 bridgehead atoms. The minimum absolute atomic E-state index is 0.299. The van der Waals surface area contributed by atoms with Gasteiger partial charge in [-0.3, -0.25) is 4.90 Å². The molecule has 0 saturated carbocycles. The molecule has 0 unspecified atom stereocenters. The predicted octanol–water partition coefficient (Wildman–Crippen LogP) is 3.81. The summed E-state index contributed by atoms with van der Waals surface area (Å²) in [6.45, 7) is 1.22. The molecular formula is C16H15ClFNO2. The van der Waals surface area contributed by atoms with Gasteiger partial charge in [0.15, 0.2) is 0 Å². The molecule has 0 heterocycles. The molecule has 110 valence electrons. The first-order valence-electron chi connectivity index (χ1n) is 6.40. The normalized spacial score (nSPS) is 10.9. The summed E-state index contributed by atoms with van der Waals surface area (Å²) in [5.41, 5.74) is 1.56. The lowest BCUT2D eigenvalue weighted by Crippen LogP contribution is -2.17. The number of carbonyl (C=O) groups is 1. The fourth-order valence-electron chi connectivity index (χ4n) is 2.10. The molecule has 0 spiro atoms. The zero-order valence-corrected chi connectivity index (χ0v) is 12.3. The van der Waals surface area contributed by atoms with Crippen molar-refractivity contribution >= 4 is 17.6 Å². The van der Waals surface area contributed by atoms with Crippen molar-refractivity contribution in [2.45, 2.75) is 13.1 Å². The topological polar surface area (TPSA) is 40.5 Å². The average Bonchev–Trinajstić information content (AvgIpc) is 2.43. The Hall–Kier alpha value is -1.91. The summed E-state index contributed by atoms with van der Waals surface area (Å²) >= 11 is 5.84. The fraction of sp³-hybridized carbons (Fsp3) is 0.188. The van der Waals surface area contributed by atoms with Crippen LogP contribution in [0.5, 0.6) is 0 Å². The van der Waals surface area contributed by atoms with Crippen LogP contribution in [0.3, 0.4) is 0 Å². The van der Waals surface area contributed by atoms with E-state index in [0.29, 0.717) is 18.1 Å². The summed E-state index contributed by atoms with van der Waals surface area (Å²) in [6, 6.07) is 11.7. The second-order valence-corrected chi connectivity index (χ2v) is 5.35. The third-order valence-electron chi connectivity index (χ3n) is 3.08. The first-order valence-corrected chi connectivity index (χ1v) is 6.78. The fourth-order valence-corrected chi connectivity index (χ4v) is 2.23. The zero-order valence-electron chi connectivity index (χ0n) is 11.5. The van der Waals surface area contributed by atoms with Gasteiger partial charge in [-0.1, -0.05) is 29.8 Å². The Morgan fingerprint density at radius 1 is 1.14 bits per heavy atom. The SMILES string of the molecule is CN(Cc1ccc(Cl)cc1)Cc1ccc(F)c(C(=O)O)c1. The molecule has 2 aromatic carbocycles. The van der Waals surface area contributed by atoms with E-state index in [0.717, 1.165) is 11.1 Å². The maximum Gasteiger partial charge on any atom is 0.338 e. The average molecular weight is 308 g/mol. The van der Waals surface area contributed by atoms with Crippen molar-refractivity contribution in [1.29, 1.82) is 0 Å². The molecule has 3 nitrogen and oxygen atoms in total. The Morgan fingerprint density at radius 2 is 1.71 bits per heavy atom. The lowest BCUT2D eigenvalue weighted by atomic mass is 10.1. The van der Waals surface area contributed by atoms with Crippen molar-refractivity contribution in [3.8, 4) is 0 Å². The van der Waals surface area contributed by atoms with Crippen LogP contribution in [-0.2, 0) is 13.1 Å². The van der Waals surface area contributed by atoms with E-state index >= 15 is 0 Å². The summed E-state index contributed by atoms with van der Waals surface area (Å²) in [5, 5.41) is 9.61. The number of hydrogen-bond donors (Lipinski definition) is 1. The molecule has 0 amide bonds. The summed E-state index contributed by atoms with van der Waals surface area (Å²) in [7, 11) is 1.92. The van der Waals surface area contributed by atoms with Gasteiger partial charge in [-0.25, -0.2) is 9.18 Å². The highest BCUT2D eigenvalue weighted by molar-refractivity contribution is 6.30. The highest BCUT2D eigenvalue weighted by Crippen LogP contribution is 2.15. The van der Waals surface area contributed by atoms with Gasteiger partial charge in [0.1, 0.15) is 5.82 Å². The Kier molecular flexibility index (Phi) is 4.94.